The zero-order valence-electron chi connectivity index (χ0n) is 18.0. The molecule has 0 unspecified atom stereocenters. The van der Waals surface area contributed by atoms with Gasteiger partial charge in [0, 0.05) is 40.2 Å². The SMILES string of the molecule is COC(=O)OC1=C(CN2CC(F)(F)C[C@H]2C(=O)O)NC(c2nccs2)=N[C@@H]1c1ccc(Cl)cc1Cl. The zero-order valence-corrected chi connectivity index (χ0v) is 20.3. The van der Waals surface area contributed by atoms with Crippen molar-refractivity contribution in [2.75, 3.05) is 20.2 Å². The molecule has 2 aromatic rings. The van der Waals surface area contributed by atoms with Crippen LogP contribution in [0.3, 0.4) is 0 Å². The monoisotopic (exact) mass is 546 g/mol. The summed E-state index contributed by atoms with van der Waals surface area (Å²) in [4.78, 5) is 33.7. The fourth-order valence-electron chi connectivity index (χ4n) is 3.84. The van der Waals surface area contributed by atoms with Crippen LogP contribution in [0, 0.1) is 0 Å². The number of halogens is 4. The molecule has 0 amide bonds. The fraction of sp³-hybridized carbons (Fsp3) is 0.333. The van der Waals surface area contributed by atoms with Crippen molar-refractivity contribution in [3.63, 3.8) is 0 Å². The van der Waals surface area contributed by atoms with E-state index in [2.05, 4.69) is 20.0 Å². The van der Waals surface area contributed by atoms with Crippen LogP contribution in [-0.4, -0.2) is 65.1 Å². The van der Waals surface area contributed by atoms with Crippen molar-refractivity contribution in [1.29, 1.82) is 0 Å². The van der Waals surface area contributed by atoms with Crippen molar-refractivity contribution in [2.45, 2.75) is 24.4 Å². The number of amidine groups is 1. The third-order valence-corrected chi connectivity index (χ3v) is 6.68. The Morgan fingerprint density at radius 3 is 2.77 bits per heavy atom. The van der Waals surface area contributed by atoms with Crippen molar-refractivity contribution in [3.8, 4) is 0 Å². The number of carbonyl (C=O) groups excluding carboxylic acids is 1. The Balaban J connectivity index is 1.82. The van der Waals surface area contributed by atoms with E-state index in [9.17, 15) is 23.5 Å². The molecule has 1 aromatic carbocycles. The number of hydrogen-bond donors (Lipinski definition) is 2. The number of rotatable bonds is 6. The molecule has 2 N–H and O–H groups in total. The maximum atomic E-state index is 14.1. The van der Waals surface area contributed by atoms with Crippen LogP contribution in [0.4, 0.5) is 13.6 Å². The Morgan fingerprint density at radius 2 is 2.14 bits per heavy atom. The number of aromatic nitrogens is 1. The van der Waals surface area contributed by atoms with Crippen molar-refractivity contribution in [1.82, 2.24) is 15.2 Å². The van der Waals surface area contributed by atoms with Crippen molar-refractivity contribution < 1.29 is 33.0 Å². The lowest BCUT2D eigenvalue weighted by molar-refractivity contribution is -0.142. The summed E-state index contributed by atoms with van der Waals surface area (Å²) in [5.74, 6) is -4.41. The molecule has 3 heterocycles. The second kappa shape index (κ2) is 10.1. The zero-order chi connectivity index (χ0) is 25.3. The molecule has 4 rings (SSSR count). The summed E-state index contributed by atoms with van der Waals surface area (Å²) in [6.45, 7) is -1.11. The Hall–Kier alpha value is -2.80. The van der Waals surface area contributed by atoms with Crippen LogP contribution in [0.1, 0.15) is 23.0 Å². The Kier molecular flexibility index (Phi) is 7.27. The number of carboxylic acid groups (broad SMARTS) is 1. The second-order valence-electron chi connectivity index (χ2n) is 7.73. The average Bonchev–Trinajstić information content (AvgIpc) is 3.42. The van der Waals surface area contributed by atoms with Gasteiger partial charge in [0.25, 0.3) is 5.92 Å². The molecule has 0 spiro atoms. The van der Waals surface area contributed by atoms with Gasteiger partial charge in [0.15, 0.2) is 16.6 Å². The number of likely N-dealkylation sites (tertiary alicyclic amines) is 1. The Bertz CT molecular complexity index is 1210. The topological polar surface area (TPSA) is 113 Å². The third kappa shape index (κ3) is 5.56. The maximum absolute atomic E-state index is 14.1. The molecule has 2 aliphatic rings. The standard InChI is InChI=1S/C21H18Cl2F2N4O5S/c1-33-20(32)34-16-13(8-29-9-21(24,25)7-14(29)19(30)31)27-17(18-26-4-5-35-18)28-15(16)11-3-2-10(22)6-12(11)23/h2-6,14-15H,7-9H2,1H3,(H,27,28)(H,30,31)/t14-,15+/m0/s1. The smallest absolute Gasteiger partial charge is 0.480 e. The minimum absolute atomic E-state index is 0.0827. The van der Waals surface area contributed by atoms with Gasteiger partial charge in [-0.2, -0.15) is 0 Å². The van der Waals surface area contributed by atoms with E-state index in [1.165, 1.54) is 17.4 Å². The van der Waals surface area contributed by atoms with Crippen LogP contribution < -0.4 is 5.32 Å². The summed E-state index contributed by atoms with van der Waals surface area (Å²) >= 11 is 13.7. The number of hydrogen-bond acceptors (Lipinski definition) is 9. The van der Waals surface area contributed by atoms with Crippen LogP contribution >= 0.6 is 34.5 Å². The van der Waals surface area contributed by atoms with Gasteiger partial charge >= 0.3 is 12.1 Å². The molecule has 186 valence electrons. The van der Waals surface area contributed by atoms with Gasteiger partial charge in [-0.15, -0.1) is 11.3 Å². The lowest BCUT2D eigenvalue weighted by atomic mass is 10.0. The van der Waals surface area contributed by atoms with E-state index in [4.69, 9.17) is 27.9 Å². The molecule has 9 nitrogen and oxygen atoms in total. The first kappa shape index (κ1) is 25.3. The summed E-state index contributed by atoms with van der Waals surface area (Å²) < 4.78 is 38.3. The Labute approximate surface area is 212 Å². The van der Waals surface area contributed by atoms with E-state index in [1.807, 2.05) is 0 Å². The normalized spacial score (nSPS) is 21.9. The molecule has 0 bridgehead atoms. The summed E-state index contributed by atoms with van der Waals surface area (Å²) in [6, 6.07) is 2.18. The van der Waals surface area contributed by atoms with Crippen LogP contribution in [0.2, 0.25) is 10.0 Å². The number of aliphatic imine (C=N–C) groups is 1. The van der Waals surface area contributed by atoms with Crippen LogP contribution in [-0.2, 0) is 14.3 Å². The fourth-order valence-corrected chi connectivity index (χ4v) is 4.94. The number of alkyl halides is 2. The van der Waals surface area contributed by atoms with Gasteiger partial charge in [0.05, 0.1) is 19.4 Å². The largest absolute Gasteiger partial charge is 0.513 e. The van der Waals surface area contributed by atoms with Crippen LogP contribution in [0.25, 0.3) is 0 Å². The summed E-state index contributed by atoms with van der Waals surface area (Å²) in [5.41, 5.74) is 0.542. The number of methoxy groups -OCH3 is 1. The molecule has 0 saturated carbocycles. The molecule has 1 saturated heterocycles. The van der Waals surface area contributed by atoms with Gasteiger partial charge in [-0.1, -0.05) is 29.3 Å². The lowest BCUT2D eigenvalue weighted by Gasteiger charge is -2.30. The number of nitrogens with one attached hydrogen (secondary N) is 1. The van der Waals surface area contributed by atoms with Gasteiger partial charge in [-0.3, -0.25) is 9.69 Å². The van der Waals surface area contributed by atoms with Gasteiger partial charge < -0.3 is 19.9 Å². The Morgan fingerprint density at radius 1 is 1.37 bits per heavy atom. The predicted molar refractivity (Wildman–Crippen MR) is 124 cm³/mol. The molecule has 1 fully saturated rings. The first-order chi connectivity index (χ1) is 16.6. The number of thiazole rings is 1. The van der Waals surface area contributed by atoms with E-state index in [0.717, 1.165) is 12.0 Å². The lowest BCUT2D eigenvalue weighted by Crippen LogP contribution is -2.43. The van der Waals surface area contributed by atoms with Gasteiger partial charge in [0.2, 0.25) is 0 Å². The molecule has 0 aliphatic carbocycles. The second-order valence-corrected chi connectivity index (χ2v) is 9.46. The van der Waals surface area contributed by atoms with E-state index in [-0.39, 0.29) is 28.9 Å². The molecule has 2 aliphatic heterocycles. The molecule has 1 aromatic heterocycles. The van der Waals surface area contributed by atoms with Gasteiger partial charge in [-0.25, -0.2) is 23.6 Å². The summed E-state index contributed by atoms with van der Waals surface area (Å²) in [5, 5.41) is 15.2. The van der Waals surface area contributed by atoms with Crippen molar-refractivity contribution in [2.24, 2.45) is 4.99 Å². The molecular weight excluding hydrogens is 529 g/mol. The van der Waals surface area contributed by atoms with Crippen LogP contribution in [0.5, 0.6) is 0 Å². The highest BCUT2D eigenvalue weighted by Gasteiger charge is 2.49. The predicted octanol–water partition coefficient (Wildman–Crippen LogP) is 4.33. The highest BCUT2D eigenvalue weighted by molar-refractivity contribution is 7.11. The maximum Gasteiger partial charge on any atom is 0.513 e. The van der Waals surface area contributed by atoms with E-state index >= 15 is 0 Å². The molecular formula is C21H18Cl2F2N4O5S. The van der Waals surface area contributed by atoms with Crippen molar-refractivity contribution >= 4 is 52.5 Å². The molecule has 35 heavy (non-hydrogen) atoms. The molecule has 0 radical (unpaired) electrons. The summed E-state index contributed by atoms with van der Waals surface area (Å²) in [7, 11) is 1.11. The first-order valence-electron chi connectivity index (χ1n) is 10.1. The quantitative estimate of drug-likeness (QED) is 0.514. The number of carbonyl (C=O) groups is 2. The number of aliphatic carboxylic acids is 1. The number of ether oxygens (including phenoxy) is 2. The number of benzene rings is 1. The van der Waals surface area contributed by atoms with Crippen molar-refractivity contribution in [3.05, 3.63) is 61.8 Å². The first-order valence-corrected chi connectivity index (χ1v) is 11.7. The third-order valence-electron chi connectivity index (χ3n) is 5.34. The van der Waals surface area contributed by atoms with E-state index in [0.29, 0.717) is 15.6 Å². The highest BCUT2D eigenvalue weighted by atomic mass is 35.5. The van der Waals surface area contributed by atoms with Gasteiger partial charge in [-0.05, 0) is 12.1 Å². The van der Waals surface area contributed by atoms with E-state index < -0.39 is 43.1 Å². The number of carboxylic acids is 1. The van der Waals surface area contributed by atoms with Gasteiger partial charge in [0.1, 0.15) is 12.1 Å². The molecule has 14 heteroatoms. The minimum Gasteiger partial charge on any atom is -0.480 e. The van der Waals surface area contributed by atoms with Crippen LogP contribution in [0.15, 0.2) is 46.2 Å². The molecule has 2 atom stereocenters. The van der Waals surface area contributed by atoms with E-state index in [1.54, 1.807) is 23.7 Å². The number of nitrogens with zero attached hydrogens (tertiary/aromatic N) is 3. The minimum atomic E-state index is -3.20. The summed E-state index contributed by atoms with van der Waals surface area (Å²) in [6.07, 6.45) is -0.369. The average molecular weight is 547 g/mol. The highest BCUT2D eigenvalue weighted by Crippen LogP contribution is 2.39.